The molecule has 0 atom stereocenters. The van der Waals surface area contributed by atoms with Crippen LogP contribution in [0.15, 0.2) is 23.4 Å². The van der Waals surface area contributed by atoms with Crippen molar-refractivity contribution >= 4 is 11.7 Å². The first-order valence-corrected chi connectivity index (χ1v) is 6.51. The highest BCUT2D eigenvalue weighted by atomic mass is 19.1. The van der Waals surface area contributed by atoms with Crippen molar-refractivity contribution in [2.24, 2.45) is 10.9 Å². The van der Waals surface area contributed by atoms with E-state index in [0.29, 0.717) is 11.1 Å². The first-order chi connectivity index (χ1) is 9.73. The van der Waals surface area contributed by atoms with Crippen molar-refractivity contribution in [2.75, 3.05) is 6.54 Å². The van der Waals surface area contributed by atoms with Crippen LogP contribution in [0, 0.1) is 5.82 Å². The van der Waals surface area contributed by atoms with Gasteiger partial charge in [-0.1, -0.05) is 17.3 Å². The molecule has 7 heteroatoms. The molecular formula is C14H21FN4O2. The fourth-order valence-corrected chi connectivity index (χ4v) is 1.68. The predicted molar refractivity (Wildman–Crippen MR) is 78.5 cm³/mol. The molecule has 0 unspecified atom stereocenters. The third kappa shape index (κ3) is 5.78. The Labute approximate surface area is 123 Å². The summed E-state index contributed by atoms with van der Waals surface area (Å²) >= 11 is 0. The van der Waals surface area contributed by atoms with Crippen LogP contribution in [0.1, 0.15) is 31.9 Å². The SMILES string of the molecule is CC(C)(C)NC(=O)CNCc1ccc(/C(N)=N/O)cc1F. The fourth-order valence-electron chi connectivity index (χ4n) is 1.68. The number of hydrogen-bond donors (Lipinski definition) is 4. The summed E-state index contributed by atoms with van der Waals surface area (Å²) in [5.74, 6) is -0.794. The minimum atomic E-state index is -0.483. The lowest BCUT2D eigenvalue weighted by Gasteiger charge is -2.20. The maximum Gasteiger partial charge on any atom is 0.234 e. The molecule has 0 aliphatic carbocycles. The highest BCUT2D eigenvalue weighted by molar-refractivity contribution is 5.97. The molecule has 0 heterocycles. The second kappa shape index (κ2) is 7.03. The molecule has 0 spiro atoms. The third-order valence-electron chi connectivity index (χ3n) is 2.57. The molecular weight excluding hydrogens is 275 g/mol. The van der Waals surface area contributed by atoms with Gasteiger partial charge in [0, 0.05) is 23.2 Å². The molecule has 1 aromatic carbocycles. The minimum absolute atomic E-state index is 0.0959. The van der Waals surface area contributed by atoms with Crippen molar-refractivity contribution in [3.63, 3.8) is 0 Å². The van der Waals surface area contributed by atoms with Crippen LogP contribution >= 0.6 is 0 Å². The Morgan fingerprint density at radius 3 is 2.62 bits per heavy atom. The molecule has 0 fully saturated rings. The molecule has 6 nitrogen and oxygen atoms in total. The van der Waals surface area contributed by atoms with Gasteiger partial charge in [-0.2, -0.15) is 0 Å². The van der Waals surface area contributed by atoms with E-state index in [2.05, 4.69) is 15.8 Å². The number of halogens is 1. The first kappa shape index (κ1) is 16.9. The van der Waals surface area contributed by atoms with Crippen LogP contribution in [0.4, 0.5) is 4.39 Å². The molecule has 1 rings (SSSR count). The van der Waals surface area contributed by atoms with Crippen LogP contribution in [0.2, 0.25) is 0 Å². The number of amidine groups is 1. The molecule has 0 aromatic heterocycles. The second-order valence-electron chi connectivity index (χ2n) is 5.69. The zero-order chi connectivity index (χ0) is 16.0. The smallest absolute Gasteiger partial charge is 0.234 e. The molecule has 116 valence electrons. The maximum absolute atomic E-state index is 13.8. The molecule has 5 N–H and O–H groups in total. The topological polar surface area (TPSA) is 99.7 Å². The van der Waals surface area contributed by atoms with Gasteiger partial charge in [0.25, 0.3) is 0 Å². The standard InChI is InChI=1S/C14H21FN4O2/c1-14(2,3)18-12(20)8-17-7-10-5-4-9(6-11(10)15)13(16)19-21/h4-6,17,21H,7-8H2,1-3H3,(H2,16,19)(H,18,20). The number of nitrogens with one attached hydrogen (secondary N) is 2. The lowest BCUT2D eigenvalue weighted by molar-refractivity contribution is -0.121. The van der Waals surface area contributed by atoms with E-state index in [1.165, 1.54) is 12.1 Å². The van der Waals surface area contributed by atoms with E-state index < -0.39 is 5.82 Å². The Kier molecular flexibility index (Phi) is 5.66. The Morgan fingerprint density at radius 2 is 2.10 bits per heavy atom. The number of oxime groups is 1. The number of nitrogens with zero attached hydrogens (tertiary/aromatic N) is 1. The van der Waals surface area contributed by atoms with Crippen molar-refractivity contribution in [3.8, 4) is 0 Å². The molecule has 0 aliphatic rings. The number of carbonyl (C=O) groups is 1. The van der Waals surface area contributed by atoms with Gasteiger partial charge in [0.2, 0.25) is 5.91 Å². The van der Waals surface area contributed by atoms with Crippen LogP contribution in [-0.2, 0) is 11.3 Å². The van der Waals surface area contributed by atoms with Crippen molar-refractivity contribution < 1.29 is 14.4 Å². The zero-order valence-corrected chi connectivity index (χ0v) is 12.4. The summed E-state index contributed by atoms with van der Waals surface area (Å²) < 4.78 is 13.8. The van der Waals surface area contributed by atoms with Gasteiger partial charge in [0.05, 0.1) is 6.54 Å². The summed E-state index contributed by atoms with van der Waals surface area (Å²) in [5.41, 5.74) is 5.77. The first-order valence-electron chi connectivity index (χ1n) is 6.51. The number of benzene rings is 1. The highest BCUT2D eigenvalue weighted by Crippen LogP contribution is 2.10. The molecule has 0 saturated heterocycles. The number of hydrogen-bond acceptors (Lipinski definition) is 4. The van der Waals surface area contributed by atoms with E-state index in [4.69, 9.17) is 10.9 Å². The summed E-state index contributed by atoms with van der Waals surface area (Å²) in [6.45, 7) is 5.96. The summed E-state index contributed by atoms with van der Waals surface area (Å²) in [6.07, 6.45) is 0. The van der Waals surface area contributed by atoms with Gasteiger partial charge in [-0.15, -0.1) is 0 Å². The Bertz CT molecular complexity index is 538. The van der Waals surface area contributed by atoms with Crippen molar-refractivity contribution in [2.45, 2.75) is 32.9 Å². The zero-order valence-electron chi connectivity index (χ0n) is 12.4. The van der Waals surface area contributed by atoms with E-state index in [9.17, 15) is 9.18 Å². The fraction of sp³-hybridized carbons (Fsp3) is 0.429. The third-order valence-corrected chi connectivity index (χ3v) is 2.57. The molecule has 0 aliphatic heterocycles. The maximum atomic E-state index is 13.8. The van der Waals surface area contributed by atoms with E-state index in [-0.39, 0.29) is 30.4 Å². The van der Waals surface area contributed by atoms with Crippen LogP contribution in [-0.4, -0.2) is 29.0 Å². The normalized spacial score (nSPS) is 12.3. The van der Waals surface area contributed by atoms with E-state index in [1.807, 2.05) is 20.8 Å². The average Bonchev–Trinajstić information content (AvgIpc) is 2.37. The predicted octanol–water partition coefficient (Wildman–Crippen LogP) is 0.925. The van der Waals surface area contributed by atoms with Gasteiger partial charge in [-0.3, -0.25) is 4.79 Å². The molecule has 0 radical (unpaired) electrons. The lowest BCUT2D eigenvalue weighted by atomic mass is 10.1. The number of rotatable bonds is 5. The molecule has 0 bridgehead atoms. The van der Waals surface area contributed by atoms with Gasteiger partial charge < -0.3 is 21.6 Å². The highest BCUT2D eigenvalue weighted by Gasteiger charge is 2.13. The van der Waals surface area contributed by atoms with Crippen molar-refractivity contribution in [3.05, 3.63) is 35.1 Å². The quantitative estimate of drug-likeness (QED) is 0.281. The summed E-state index contributed by atoms with van der Waals surface area (Å²) in [4.78, 5) is 11.6. The van der Waals surface area contributed by atoms with E-state index in [1.54, 1.807) is 6.07 Å². The molecule has 1 amide bonds. The molecule has 21 heavy (non-hydrogen) atoms. The van der Waals surface area contributed by atoms with E-state index in [0.717, 1.165) is 0 Å². The van der Waals surface area contributed by atoms with Crippen LogP contribution in [0.25, 0.3) is 0 Å². The van der Waals surface area contributed by atoms with Crippen LogP contribution in [0.5, 0.6) is 0 Å². The van der Waals surface area contributed by atoms with Crippen molar-refractivity contribution in [1.82, 2.24) is 10.6 Å². The van der Waals surface area contributed by atoms with Crippen LogP contribution in [0.3, 0.4) is 0 Å². The van der Waals surface area contributed by atoms with E-state index >= 15 is 0 Å². The summed E-state index contributed by atoms with van der Waals surface area (Å²) in [5, 5.41) is 17.0. The van der Waals surface area contributed by atoms with Gasteiger partial charge in [-0.25, -0.2) is 4.39 Å². The second-order valence-corrected chi connectivity index (χ2v) is 5.69. The van der Waals surface area contributed by atoms with Crippen LogP contribution < -0.4 is 16.4 Å². The van der Waals surface area contributed by atoms with Gasteiger partial charge in [0.15, 0.2) is 5.84 Å². The Hall–Kier alpha value is -2.15. The van der Waals surface area contributed by atoms with Gasteiger partial charge in [-0.05, 0) is 26.8 Å². The summed E-state index contributed by atoms with van der Waals surface area (Å²) in [6, 6.07) is 4.25. The molecule has 0 saturated carbocycles. The Morgan fingerprint density at radius 1 is 1.43 bits per heavy atom. The molecule has 1 aromatic rings. The van der Waals surface area contributed by atoms with Crippen molar-refractivity contribution in [1.29, 1.82) is 0 Å². The Balaban J connectivity index is 2.55. The van der Waals surface area contributed by atoms with Gasteiger partial charge in [0.1, 0.15) is 5.82 Å². The average molecular weight is 296 g/mol. The lowest BCUT2D eigenvalue weighted by Crippen LogP contribution is -2.44. The monoisotopic (exact) mass is 296 g/mol. The largest absolute Gasteiger partial charge is 0.409 e. The van der Waals surface area contributed by atoms with Gasteiger partial charge >= 0.3 is 0 Å². The summed E-state index contributed by atoms with van der Waals surface area (Å²) in [7, 11) is 0. The number of nitrogens with two attached hydrogens (primary N) is 1. The minimum Gasteiger partial charge on any atom is -0.409 e. The number of amides is 1. The number of carbonyl (C=O) groups excluding carboxylic acids is 1.